The van der Waals surface area contributed by atoms with E-state index in [-0.39, 0.29) is 0 Å². The molecule has 0 N–H and O–H groups in total. The van der Waals surface area contributed by atoms with Crippen LogP contribution in [0, 0.1) is 16.7 Å². The Kier molecular flexibility index (Phi) is 3.75. The lowest BCUT2D eigenvalue weighted by Gasteiger charge is -2.47. The summed E-state index contributed by atoms with van der Waals surface area (Å²) in [6.07, 6.45) is 4.76. The van der Waals surface area contributed by atoms with Crippen LogP contribution >= 0.6 is 0 Å². The molecule has 2 aliphatic carbocycles. The van der Waals surface area contributed by atoms with Crippen LogP contribution < -0.4 is 0 Å². The fraction of sp³-hybridized carbons (Fsp3) is 1.00. The summed E-state index contributed by atoms with van der Waals surface area (Å²) in [6.45, 7) is 14.5. The molecular formula is C16H32OSi. The average Bonchev–Trinajstić information content (AvgIpc) is 2.82. The van der Waals surface area contributed by atoms with Gasteiger partial charge in [0.15, 0.2) is 8.32 Å². The molecule has 2 saturated carbocycles. The zero-order valence-corrected chi connectivity index (χ0v) is 14.3. The van der Waals surface area contributed by atoms with Gasteiger partial charge in [0, 0.05) is 0 Å². The van der Waals surface area contributed by atoms with Crippen molar-refractivity contribution in [2.75, 3.05) is 0 Å². The van der Waals surface area contributed by atoms with E-state index in [9.17, 15) is 0 Å². The van der Waals surface area contributed by atoms with Gasteiger partial charge >= 0.3 is 0 Å². The molecule has 3 atom stereocenters. The second kappa shape index (κ2) is 4.62. The Labute approximate surface area is 115 Å². The van der Waals surface area contributed by atoms with Gasteiger partial charge in [0.25, 0.3) is 0 Å². The Bertz CT molecular complexity index is 295. The minimum absolute atomic E-state index is 0.408. The third kappa shape index (κ3) is 2.00. The first-order valence-corrected chi connectivity index (χ1v) is 10.5. The minimum Gasteiger partial charge on any atom is -0.413 e. The molecular weight excluding hydrogens is 236 g/mol. The van der Waals surface area contributed by atoms with E-state index in [0.717, 1.165) is 5.92 Å². The van der Waals surface area contributed by atoms with Crippen LogP contribution in [-0.4, -0.2) is 14.4 Å². The van der Waals surface area contributed by atoms with Crippen molar-refractivity contribution < 1.29 is 4.43 Å². The molecule has 2 heteroatoms. The van der Waals surface area contributed by atoms with Gasteiger partial charge in [-0.1, -0.05) is 41.5 Å². The van der Waals surface area contributed by atoms with Crippen LogP contribution in [0.5, 0.6) is 0 Å². The topological polar surface area (TPSA) is 9.23 Å². The first-order valence-electron chi connectivity index (χ1n) is 8.01. The third-order valence-corrected chi connectivity index (χ3v) is 11.0. The van der Waals surface area contributed by atoms with E-state index in [4.69, 9.17) is 4.43 Å². The van der Waals surface area contributed by atoms with E-state index >= 15 is 0 Å². The van der Waals surface area contributed by atoms with Crippen molar-refractivity contribution in [1.82, 2.24) is 0 Å². The quantitative estimate of drug-likeness (QED) is 0.621. The molecule has 1 nitrogen and oxygen atoms in total. The second-order valence-electron chi connectivity index (χ2n) is 7.66. The SMILES string of the molecule is CC[Si](CC)(CC)OC1C2(C)CCC(C2)C1(C)C. The summed E-state index contributed by atoms with van der Waals surface area (Å²) in [5.74, 6) is 0.907. The lowest BCUT2D eigenvalue weighted by molar-refractivity contribution is -0.0226. The Morgan fingerprint density at radius 2 is 1.61 bits per heavy atom. The first-order chi connectivity index (χ1) is 8.33. The van der Waals surface area contributed by atoms with E-state index in [1.54, 1.807) is 0 Å². The molecule has 0 heterocycles. The van der Waals surface area contributed by atoms with Crippen LogP contribution in [0.25, 0.3) is 0 Å². The summed E-state index contributed by atoms with van der Waals surface area (Å²) in [4.78, 5) is 0. The van der Waals surface area contributed by atoms with Gasteiger partial charge in [-0.25, -0.2) is 0 Å². The largest absolute Gasteiger partial charge is 0.413 e. The van der Waals surface area contributed by atoms with Gasteiger partial charge < -0.3 is 4.43 Å². The van der Waals surface area contributed by atoms with Crippen molar-refractivity contribution in [2.45, 2.75) is 85.0 Å². The van der Waals surface area contributed by atoms with Crippen LogP contribution in [-0.2, 0) is 4.43 Å². The van der Waals surface area contributed by atoms with E-state index in [1.807, 2.05) is 0 Å². The molecule has 2 aliphatic rings. The Hall–Kier alpha value is 0.177. The zero-order valence-electron chi connectivity index (χ0n) is 13.3. The van der Waals surface area contributed by atoms with Crippen LogP contribution in [0.4, 0.5) is 0 Å². The maximum atomic E-state index is 6.94. The molecule has 0 radical (unpaired) electrons. The summed E-state index contributed by atoms with van der Waals surface area (Å²) in [5.41, 5.74) is 0.886. The van der Waals surface area contributed by atoms with Crippen molar-refractivity contribution >= 4 is 8.32 Å². The van der Waals surface area contributed by atoms with Gasteiger partial charge in [-0.3, -0.25) is 0 Å². The standard InChI is InChI=1S/C16H32OSi/c1-7-18(8-2,9-3)17-14-15(4,5)13-10-11-16(14,6)12-13/h13-14H,7-12H2,1-6H3. The lowest BCUT2D eigenvalue weighted by Crippen LogP contribution is -2.50. The molecule has 0 aromatic heterocycles. The van der Waals surface area contributed by atoms with Crippen LogP contribution in [0.3, 0.4) is 0 Å². The zero-order chi connectivity index (χ0) is 13.6. The minimum atomic E-state index is -1.46. The summed E-state index contributed by atoms with van der Waals surface area (Å²) < 4.78 is 6.94. The van der Waals surface area contributed by atoms with Crippen molar-refractivity contribution in [3.05, 3.63) is 0 Å². The summed E-state index contributed by atoms with van der Waals surface area (Å²) in [7, 11) is -1.46. The smallest absolute Gasteiger partial charge is 0.192 e. The highest BCUT2D eigenvalue weighted by molar-refractivity contribution is 6.73. The second-order valence-corrected chi connectivity index (χ2v) is 12.4. The Morgan fingerprint density at radius 1 is 1.06 bits per heavy atom. The van der Waals surface area contributed by atoms with Gasteiger partial charge in [0.2, 0.25) is 0 Å². The van der Waals surface area contributed by atoms with Gasteiger partial charge in [-0.15, -0.1) is 0 Å². The summed E-state index contributed by atoms with van der Waals surface area (Å²) in [5, 5.41) is 0. The van der Waals surface area contributed by atoms with Gasteiger partial charge in [0.05, 0.1) is 6.10 Å². The van der Waals surface area contributed by atoms with Crippen LogP contribution in [0.15, 0.2) is 0 Å². The highest BCUT2D eigenvalue weighted by atomic mass is 28.4. The van der Waals surface area contributed by atoms with E-state index in [1.165, 1.54) is 37.4 Å². The average molecular weight is 269 g/mol. The van der Waals surface area contributed by atoms with Crippen molar-refractivity contribution in [3.8, 4) is 0 Å². The monoisotopic (exact) mass is 268 g/mol. The first kappa shape index (κ1) is 14.6. The highest BCUT2D eigenvalue weighted by Crippen LogP contribution is 2.64. The van der Waals surface area contributed by atoms with Crippen molar-refractivity contribution in [1.29, 1.82) is 0 Å². The predicted molar refractivity (Wildman–Crippen MR) is 81.3 cm³/mol. The number of rotatable bonds is 5. The molecule has 106 valence electrons. The number of hydrogen-bond acceptors (Lipinski definition) is 1. The van der Waals surface area contributed by atoms with Crippen LogP contribution in [0.1, 0.15) is 60.8 Å². The molecule has 2 bridgehead atoms. The summed E-state index contributed by atoms with van der Waals surface area (Å²) >= 11 is 0. The molecule has 0 aromatic rings. The number of hydrogen-bond donors (Lipinski definition) is 0. The maximum absolute atomic E-state index is 6.94. The van der Waals surface area contributed by atoms with Crippen molar-refractivity contribution in [3.63, 3.8) is 0 Å². The molecule has 0 spiro atoms. The molecule has 2 fully saturated rings. The molecule has 0 amide bonds. The fourth-order valence-electron chi connectivity index (χ4n) is 4.80. The Balaban J connectivity index is 2.22. The van der Waals surface area contributed by atoms with Gasteiger partial charge in [-0.05, 0) is 54.1 Å². The van der Waals surface area contributed by atoms with E-state index in [0.29, 0.717) is 16.9 Å². The molecule has 0 aromatic carbocycles. The molecule has 3 unspecified atom stereocenters. The van der Waals surface area contributed by atoms with Crippen LogP contribution in [0.2, 0.25) is 18.1 Å². The predicted octanol–water partition coefficient (Wildman–Crippen LogP) is 5.22. The molecule has 0 saturated heterocycles. The fourth-order valence-corrected chi connectivity index (χ4v) is 7.89. The third-order valence-electron chi connectivity index (χ3n) is 6.44. The van der Waals surface area contributed by atoms with Gasteiger partial charge in [0.1, 0.15) is 0 Å². The lowest BCUT2D eigenvalue weighted by atomic mass is 9.70. The molecule has 18 heavy (non-hydrogen) atoms. The van der Waals surface area contributed by atoms with E-state index in [2.05, 4.69) is 41.5 Å². The Morgan fingerprint density at radius 3 is 2.00 bits per heavy atom. The molecule has 2 rings (SSSR count). The van der Waals surface area contributed by atoms with Crippen molar-refractivity contribution in [2.24, 2.45) is 16.7 Å². The number of fused-ring (bicyclic) bond motifs is 2. The maximum Gasteiger partial charge on any atom is 0.192 e. The van der Waals surface area contributed by atoms with Gasteiger partial charge in [-0.2, -0.15) is 0 Å². The molecule has 0 aliphatic heterocycles. The summed E-state index contributed by atoms with van der Waals surface area (Å²) in [6, 6.07) is 3.86. The normalized spacial score (nSPS) is 38.3. The highest BCUT2D eigenvalue weighted by Gasteiger charge is 2.61. The van der Waals surface area contributed by atoms with E-state index < -0.39 is 8.32 Å².